The predicted octanol–water partition coefficient (Wildman–Crippen LogP) is 4.79. The third kappa shape index (κ3) is 4.78. The number of carbonyl (C=O) groups is 2. The molecule has 3 aromatic carbocycles. The Balaban J connectivity index is 1.30. The molecule has 1 aliphatic rings. The quantitative estimate of drug-likeness (QED) is 0.360. The number of nitrogens with zero attached hydrogens (tertiary/aromatic N) is 1. The molecular formula is C29H26N2O6. The lowest BCUT2D eigenvalue weighted by atomic mass is 9.98. The number of nitrogens with one attached hydrogen (secondary N) is 1. The van der Waals surface area contributed by atoms with Crippen LogP contribution < -0.4 is 14.8 Å². The van der Waals surface area contributed by atoms with E-state index in [-0.39, 0.29) is 24.8 Å². The first kappa shape index (κ1) is 24.1. The molecule has 0 saturated carbocycles. The van der Waals surface area contributed by atoms with Crippen LogP contribution in [0.1, 0.15) is 22.6 Å². The van der Waals surface area contributed by atoms with E-state index in [2.05, 4.69) is 22.4 Å². The lowest BCUT2D eigenvalue weighted by Gasteiger charge is -2.18. The molecule has 188 valence electrons. The highest BCUT2D eigenvalue weighted by molar-refractivity contribution is 5.84. The summed E-state index contributed by atoms with van der Waals surface area (Å²) in [6.45, 7) is 0.0921. The number of aromatic nitrogens is 1. The fraction of sp³-hybridized carbons (Fsp3) is 0.207. The van der Waals surface area contributed by atoms with E-state index in [1.54, 1.807) is 25.3 Å². The van der Waals surface area contributed by atoms with Gasteiger partial charge in [0.1, 0.15) is 18.4 Å². The van der Waals surface area contributed by atoms with Crippen LogP contribution in [0.15, 0.2) is 72.8 Å². The van der Waals surface area contributed by atoms with Crippen LogP contribution in [-0.2, 0) is 16.0 Å². The number of amides is 1. The normalized spacial score (nSPS) is 12.9. The molecule has 0 bridgehead atoms. The third-order valence-electron chi connectivity index (χ3n) is 6.62. The monoisotopic (exact) mass is 498 g/mol. The third-order valence-corrected chi connectivity index (χ3v) is 6.62. The number of alkyl carbamates (subject to hydrolysis) is 1. The maximum absolute atomic E-state index is 12.7. The SMILES string of the molecule is COc1ccc2cc(CC(NC(=O)OCC3c4ccccc4-c4ccccc43)C(=O)O)c(OC)nc2c1. The van der Waals surface area contributed by atoms with E-state index < -0.39 is 18.1 Å². The zero-order chi connectivity index (χ0) is 25.9. The van der Waals surface area contributed by atoms with Gasteiger partial charge in [0.25, 0.3) is 0 Å². The molecule has 1 amide bonds. The highest BCUT2D eigenvalue weighted by Crippen LogP contribution is 2.44. The second-order valence-electron chi connectivity index (χ2n) is 8.78. The fourth-order valence-corrected chi connectivity index (χ4v) is 4.83. The van der Waals surface area contributed by atoms with Crippen molar-refractivity contribution in [2.24, 2.45) is 0 Å². The number of methoxy groups -OCH3 is 2. The van der Waals surface area contributed by atoms with E-state index in [0.717, 1.165) is 27.6 Å². The Kier molecular flexibility index (Phi) is 6.64. The number of carboxylic acid groups (broad SMARTS) is 1. The summed E-state index contributed by atoms with van der Waals surface area (Å²) in [5.41, 5.74) is 5.58. The number of carbonyl (C=O) groups excluding carboxylic acids is 1. The molecule has 5 rings (SSSR count). The van der Waals surface area contributed by atoms with Crippen LogP contribution in [0.25, 0.3) is 22.0 Å². The number of aliphatic carboxylic acids is 1. The molecule has 4 aromatic rings. The minimum Gasteiger partial charge on any atom is -0.497 e. The van der Waals surface area contributed by atoms with Gasteiger partial charge in [-0.3, -0.25) is 0 Å². The molecule has 1 atom stereocenters. The molecule has 0 radical (unpaired) electrons. The van der Waals surface area contributed by atoms with Gasteiger partial charge in [-0.15, -0.1) is 0 Å². The minimum atomic E-state index is -1.23. The van der Waals surface area contributed by atoms with Crippen LogP contribution >= 0.6 is 0 Å². The maximum Gasteiger partial charge on any atom is 0.407 e. The van der Waals surface area contributed by atoms with E-state index in [1.165, 1.54) is 7.11 Å². The standard InChI is InChI=1S/C29H26N2O6/c1-35-19-12-11-17-13-18(27(36-2)30-25(17)15-19)14-26(28(32)33)31-29(34)37-16-24-22-9-5-3-7-20(22)21-8-4-6-10-23(21)24/h3-13,15,24,26H,14,16H2,1-2H3,(H,31,34)(H,32,33). The smallest absolute Gasteiger partial charge is 0.407 e. The van der Waals surface area contributed by atoms with Gasteiger partial charge in [-0.25, -0.2) is 14.6 Å². The average Bonchev–Trinajstić information content (AvgIpc) is 3.24. The molecule has 1 heterocycles. The second kappa shape index (κ2) is 10.2. The highest BCUT2D eigenvalue weighted by Gasteiger charge is 2.30. The van der Waals surface area contributed by atoms with Crippen molar-refractivity contribution in [3.05, 3.63) is 89.5 Å². The number of carboxylic acids is 1. The van der Waals surface area contributed by atoms with Crippen LogP contribution in [0.3, 0.4) is 0 Å². The first-order valence-corrected chi connectivity index (χ1v) is 11.8. The number of hydrogen-bond acceptors (Lipinski definition) is 6. The molecule has 37 heavy (non-hydrogen) atoms. The Morgan fingerprint density at radius 3 is 2.24 bits per heavy atom. The average molecular weight is 499 g/mol. The minimum absolute atomic E-state index is 0.0301. The Bertz CT molecular complexity index is 1440. The van der Waals surface area contributed by atoms with Gasteiger partial charge < -0.3 is 24.6 Å². The molecule has 2 N–H and O–H groups in total. The fourth-order valence-electron chi connectivity index (χ4n) is 4.83. The predicted molar refractivity (Wildman–Crippen MR) is 138 cm³/mol. The van der Waals surface area contributed by atoms with E-state index in [1.807, 2.05) is 42.5 Å². The molecule has 1 unspecified atom stereocenters. The first-order chi connectivity index (χ1) is 18.0. The van der Waals surface area contributed by atoms with Gasteiger partial charge in [0.2, 0.25) is 5.88 Å². The summed E-state index contributed by atoms with van der Waals surface area (Å²) in [6, 6.07) is 22.0. The Labute approximate surface area is 213 Å². The summed E-state index contributed by atoms with van der Waals surface area (Å²) in [5.74, 6) is -0.384. The molecule has 0 aliphatic heterocycles. The Morgan fingerprint density at radius 2 is 1.62 bits per heavy atom. The zero-order valence-corrected chi connectivity index (χ0v) is 20.4. The topological polar surface area (TPSA) is 107 Å². The maximum atomic E-state index is 12.7. The van der Waals surface area contributed by atoms with Gasteiger partial charge in [-0.1, -0.05) is 48.5 Å². The van der Waals surface area contributed by atoms with Crippen molar-refractivity contribution in [2.45, 2.75) is 18.4 Å². The molecule has 1 aliphatic carbocycles. The number of pyridine rings is 1. The van der Waals surface area contributed by atoms with E-state index in [9.17, 15) is 14.7 Å². The summed E-state index contributed by atoms with van der Waals surface area (Å²) in [4.78, 5) is 29.2. The number of fused-ring (bicyclic) bond motifs is 4. The van der Waals surface area contributed by atoms with Crippen LogP contribution in [0.4, 0.5) is 4.79 Å². The van der Waals surface area contributed by atoms with Gasteiger partial charge in [0.05, 0.1) is 19.7 Å². The summed E-state index contributed by atoms with van der Waals surface area (Å²) in [7, 11) is 3.03. The van der Waals surface area contributed by atoms with Gasteiger partial charge in [-0.2, -0.15) is 0 Å². The number of benzene rings is 3. The van der Waals surface area contributed by atoms with Crippen molar-refractivity contribution in [3.8, 4) is 22.8 Å². The molecule has 0 spiro atoms. The summed E-state index contributed by atoms with van der Waals surface area (Å²) in [5, 5.41) is 13.1. The van der Waals surface area contributed by atoms with Crippen LogP contribution in [-0.4, -0.2) is 49.0 Å². The van der Waals surface area contributed by atoms with Crippen molar-refractivity contribution < 1.29 is 28.9 Å². The van der Waals surface area contributed by atoms with Crippen molar-refractivity contribution in [3.63, 3.8) is 0 Å². The van der Waals surface area contributed by atoms with Crippen LogP contribution in [0, 0.1) is 0 Å². The van der Waals surface area contributed by atoms with Crippen molar-refractivity contribution >= 4 is 23.0 Å². The van der Waals surface area contributed by atoms with Gasteiger partial charge in [-0.05, 0) is 40.5 Å². The largest absolute Gasteiger partial charge is 0.497 e. The molecule has 0 saturated heterocycles. The number of rotatable bonds is 8. The lowest BCUT2D eigenvalue weighted by Crippen LogP contribution is -2.43. The molecule has 8 heteroatoms. The van der Waals surface area contributed by atoms with Crippen molar-refractivity contribution in [1.82, 2.24) is 10.3 Å². The number of hydrogen-bond donors (Lipinski definition) is 2. The molecular weight excluding hydrogens is 472 g/mol. The van der Waals surface area contributed by atoms with Gasteiger partial charge in [0, 0.05) is 29.4 Å². The molecule has 8 nitrogen and oxygen atoms in total. The zero-order valence-electron chi connectivity index (χ0n) is 20.4. The lowest BCUT2D eigenvalue weighted by molar-refractivity contribution is -0.139. The van der Waals surface area contributed by atoms with Gasteiger partial charge in [0.15, 0.2) is 0 Å². The Morgan fingerprint density at radius 1 is 0.946 bits per heavy atom. The molecule has 0 fully saturated rings. The molecule has 1 aromatic heterocycles. The highest BCUT2D eigenvalue weighted by atomic mass is 16.5. The summed E-state index contributed by atoms with van der Waals surface area (Å²) >= 11 is 0. The van der Waals surface area contributed by atoms with E-state index >= 15 is 0 Å². The summed E-state index contributed by atoms with van der Waals surface area (Å²) in [6.07, 6.45) is -0.829. The van der Waals surface area contributed by atoms with E-state index in [0.29, 0.717) is 16.8 Å². The van der Waals surface area contributed by atoms with Crippen molar-refractivity contribution in [2.75, 3.05) is 20.8 Å². The van der Waals surface area contributed by atoms with Crippen LogP contribution in [0.5, 0.6) is 11.6 Å². The van der Waals surface area contributed by atoms with Crippen molar-refractivity contribution in [1.29, 1.82) is 0 Å². The second-order valence-corrected chi connectivity index (χ2v) is 8.78. The summed E-state index contributed by atoms with van der Waals surface area (Å²) < 4.78 is 16.2. The number of ether oxygens (including phenoxy) is 3. The van der Waals surface area contributed by atoms with Crippen LogP contribution in [0.2, 0.25) is 0 Å². The van der Waals surface area contributed by atoms with Gasteiger partial charge >= 0.3 is 12.1 Å². The Hall–Kier alpha value is -4.59. The van der Waals surface area contributed by atoms with E-state index in [4.69, 9.17) is 14.2 Å². The first-order valence-electron chi connectivity index (χ1n) is 11.8.